The van der Waals surface area contributed by atoms with Gasteiger partial charge in [-0.3, -0.25) is 4.99 Å². The molecule has 0 saturated carbocycles. The second-order valence-corrected chi connectivity index (χ2v) is 8.91. The minimum atomic E-state index is 0.265. The van der Waals surface area contributed by atoms with Crippen LogP contribution in [0, 0.1) is 0 Å². The molecular formula is C27H33NOS. The van der Waals surface area contributed by atoms with Crippen molar-refractivity contribution in [1.82, 2.24) is 0 Å². The molecule has 0 radical (unpaired) electrons. The average Bonchev–Trinajstić information content (AvgIpc) is 2.78. The van der Waals surface area contributed by atoms with Crippen LogP contribution in [0.15, 0.2) is 70.6 Å². The molecular weight excluding hydrogens is 386 g/mol. The lowest BCUT2D eigenvalue weighted by Gasteiger charge is -2.07. The van der Waals surface area contributed by atoms with E-state index in [-0.39, 0.29) is 5.75 Å². The zero-order valence-electron chi connectivity index (χ0n) is 18.0. The molecule has 0 atom stereocenters. The first-order chi connectivity index (χ1) is 14.8. The van der Waals surface area contributed by atoms with Crippen LogP contribution in [0.5, 0.6) is 5.75 Å². The second-order valence-electron chi connectivity index (χ2n) is 7.77. The molecule has 0 saturated heterocycles. The lowest BCUT2D eigenvalue weighted by molar-refractivity contribution is 0.475. The molecule has 30 heavy (non-hydrogen) atoms. The molecule has 3 rings (SSSR count). The van der Waals surface area contributed by atoms with Crippen molar-refractivity contribution in [3.05, 3.63) is 66.2 Å². The minimum Gasteiger partial charge on any atom is -0.507 e. The number of unbranched alkanes of at least 4 members (excludes halogenated alkanes) is 7. The molecule has 158 valence electrons. The highest BCUT2D eigenvalue weighted by Crippen LogP contribution is 2.31. The van der Waals surface area contributed by atoms with Crippen LogP contribution in [-0.2, 0) is 0 Å². The maximum absolute atomic E-state index is 10.4. The summed E-state index contributed by atoms with van der Waals surface area (Å²) in [7, 11) is 0. The monoisotopic (exact) mass is 419 g/mol. The van der Waals surface area contributed by atoms with Gasteiger partial charge in [-0.1, -0.05) is 94.3 Å². The fourth-order valence-corrected chi connectivity index (χ4v) is 4.67. The lowest BCUT2D eigenvalue weighted by Crippen LogP contribution is -1.87. The van der Waals surface area contributed by atoms with Crippen molar-refractivity contribution >= 4 is 34.4 Å². The number of benzene rings is 3. The van der Waals surface area contributed by atoms with Gasteiger partial charge in [0.15, 0.2) is 0 Å². The molecule has 1 N–H and O–H groups in total. The molecule has 3 aromatic carbocycles. The van der Waals surface area contributed by atoms with Crippen molar-refractivity contribution in [1.29, 1.82) is 0 Å². The van der Waals surface area contributed by atoms with Crippen LogP contribution in [0.2, 0.25) is 0 Å². The topological polar surface area (TPSA) is 32.6 Å². The molecule has 0 aromatic heterocycles. The van der Waals surface area contributed by atoms with Crippen LogP contribution in [0.1, 0.15) is 63.9 Å². The Morgan fingerprint density at radius 3 is 2.33 bits per heavy atom. The lowest BCUT2D eigenvalue weighted by atomic mass is 10.0. The number of aromatic hydroxyl groups is 1. The molecule has 0 aliphatic carbocycles. The molecule has 0 unspecified atom stereocenters. The van der Waals surface area contributed by atoms with Crippen molar-refractivity contribution in [2.24, 2.45) is 4.99 Å². The number of aliphatic imine (C=N–C) groups is 1. The third-order valence-electron chi connectivity index (χ3n) is 5.40. The largest absolute Gasteiger partial charge is 0.507 e. The molecule has 0 amide bonds. The van der Waals surface area contributed by atoms with Gasteiger partial charge in [0.2, 0.25) is 0 Å². The summed E-state index contributed by atoms with van der Waals surface area (Å²) in [6, 6.07) is 20.1. The maximum atomic E-state index is 10.4. The minimum absolute atomic E-state index is 0.265. The van der Waals surface area contributed by atoms with E-state index in [4.69, 9.17) is 4.99 Å². The summed E-state index contributed by atoms with van der Waals surface area (Å²) in [4.78, 5) is 5.94. The Bertz CT molecular complexity index is 951. The van der Waals surface area contributed by atoms with Crippen LogP contribution >= 0.6 is 11.8 Å². The van der Waals surface area contributed by atoms with E-state index in [1.807, 2.05) is 42.1 Å². The first-order valence-electron chi connectivity index (χ1n) is 11.3. The fraction of sp³-hybridized carbons (Fsp3) is 0.370. The summed E-state index contributed by atoms with van der Waals surface area (Å²) < 4.78 is 0. The smallest absolute Gasteiger partial charge is 0.124 e. The van der Waals surface area contributed by atoms with Gasteiger partial charge < -0.3 is 5.11 Å². The molecule has 2 nitrogen and oxygen atoms in total. The van der Waals surface area contributed by atoms with Crippen molar-refractivity contribution in [3.8, 4) is 5.75 Å². The van der Waals surface area contributed by atoms with Crippen molar-refractivity contribution in [2.45, 2.75) is 63.2 Å². The van der Waals surface area contributed by atoms with E-state index in [9.17, 15) is 5.11 Å². The summed E-state index contributed by atoms with van der Waals surface area (Å²) in [5.74, 6) is 1.39. The van der Waals surface area contributed by atoms with Gasteiger partial charge >= 0.3 is 0 Å². The molecule has 3 heteroatoms. The summed E-state index contributed by atoms with van der Waals surface area (Å²) in [5.41, 5.74) is 1.74. The predicted molar refractivity (Wildman–Crippen MR) is 133 cm³/mol. The number of hydrogen-bond acceptors (Lipinski definition) is 3. The van der Waals surface area contributed by atoms with Crippen LogP contribution in [-0.4, -0.2) is 17.1 Å². The van der Waals surface area contributed by atoms with Crippen LogP contribution in [0.25, 0.3) is 10.8 Å². The zero-order chi connectivity index (χ0) is 21.0. The van der Waals surface area contributed by atoms with Crippen LogP contribution < -0.4 is 0 Å². The van der Waals surface area contributed by atoms with Crippen molar-refractivity contribution in [2.75, 3.05) is 5.75 Å². The van der Waals surface area contributed by atoms with E-state index in [0.717, 1.165) is 27.8 Å². The first-order valence-corrected chi connectivity index (χ1v) is 12.2. The summed E-state index contributed by atoms with van der Waals surface area (Å²) >= 11 is 1.89. The number of para-hydroxylation sites is 1. The standard InChI is InChI=1S/C27H33NOS/c1-2-3-4-5-6-7-8-13-20-30-27-17-12-11-16-25(27)28-21-24-23-15-10-9-14-22(23)18-19-26(24)29/h9-12,14-19,21,29H,2-8,13,20H2,1H3/b28-21-. The van der Waals surface area contributed by atoms with Gasteiger partial charge in [0.05, 0.1) is 5.69 Å². The van der Waals surface area contributed by atoms with Gasteiger partial charge in [-0.05, 0) is 41.1 Å². The van der Waals surface area contributed by atoms with Gasteiger partial charge in [-0.15, -0.1) is 11.8 Å². The summed E-state index contributed by atoms with van der Waals surface area (Å²) in [6.45, 7) is 2.27. The van der Waals surface area contributed by atoms with E-state index < -0.39 is 0 Å². The van der Waals surface area contributed by atoms with E-state index in [2.05, 4.69) is 31.2 Å². The highest BCUT2D eigenvalue weighted by Gasteiger charge is 2.06. The number of fused-ring (bicyclic) bond motifs is 1. The Kier molecular flexibility index (Phi) is 9.30. The highest BCUT2D eigenvalue weighted by molar-refractivity contribution is 7.99. The third-order valence-corrected chi connectivity index (χ3v) is 6.55. The number of nitrogens with zero attached hydrogens (tertiary/aromatic N) is 1. The highest BCUT2D eigenvalue weighted by atomic mass is 32.2. The molecule has 0 fully saturated rings. The normalized spacial score (nSPS) is 11.5. The summed E-state index contributed by atoms with van der Waals surface area (Å²) in [5, 5.41) is 12.5. The number of rotatable bonds is 12. The van der Waals surface area contributed by atoms with Gasteiger partial charge in [-0.25, -0.2) is 0 Å². The number of thioether (sulfide) groups is 1. The number of phenols is 1. The Morgan fingerprint density at radius 1 is 0.800 bits per heavy atom. The Morgan fingerprint density at radius 2 is 1.50 bits per heavy atom. The Hall–Kier alpha value is -2.26. The summed E-state index contributed by atoms with van der Waals surface area (Å²) in [6.07, 6.45) is 12.6. The fourth-order valence-electron chi connectivity index (χ4n) is 3.66. The average molecular weight is 420 g/mol. The molecule has 0 spiro atoms. The number of hydrogen-bond donors (Lipinski definition) is 1. The van der Waals surface area contributed by atoms with Gasteiger partial charge in [0, 0.05) is 16.7 Å². The second kappa shape index (κ2) is 12.4. The zero-order valence-corrected chi connectivity index (χ0v) is 18.8. The van der Waals surface area contributed by atoms with E-state index in [1.165, 1.54) is 56.3 Å². The maximum Gasteiger partial charge on any atom is 0.124 e. The quantitative estimate of drug-likeness (QED) is 0.181. The predicted octanol–water partition coefficient (Wildman–Crippen LogP) is 8.53. The van der Waals surface area contributed by atoms with Crippen LogP contribution in [0.4, 0.5) is 5.69 Å². The van der Waals surface area contributed by atoms with Gasteiger partial charge in [0.25, 0.3) is 0 Å². The van der Waals surface area contributed by atoms with E-state index in [1.54, 1.807) is 12.3 Å². The van der Waals surface area contributed by atoms with Gasteiger partial charge in [0.1, 0.15) is 5.75 Å². The Balaban J connectivity index is 1.57. The molecule has 0 bridgehead atoms. The first kappa shape index (κ1) is 22.4. The molecule has 0 aliphatic rings. The molecule has 3 aromatic rings. The van der Waals surface area contributed by atoms with Gasteiger partial charge in [-0.2, -0.15) is 0 Å². The van der Waals surface area contributed by atoms with Crippen molar-refractivity contribution < 1.29 is 5.11 Å². The third kappa shape index (κ3) is 6.63. The van der Waals surface area contributed by atoms with Crippen LogP contribution in [0.3, 0.4) is 0 Å². The SMILES string of the molecule is CCCCCCCCCCSc1ccccc1/N=C\c1c(O)ccc2ccccc12. The Labute approximate surface area is 185 Å². The molecule has 0 heterocycles. The van der Waals surface area contributed by atoms with E-state index in [0.29, 0.717) is 0 Å². The number of phenolic OH excluding ortho intramolecular Hbond substituents is 1. The van der Waals surface area contributed by atoms with Crippen molar-refractivity contribution in [3.63, 3.8) is 0 Å². The molecule has 0 aliphatic heterocycles. The van der Waals surface area contributed by atoms with E-state index >= 15 is 0 Å².